The van der Waals surface area contributed by atoms with Gasteiger partial charge < -0.3 is 14.9 Å². The molecule has 0 amide bonds. The first-order valence-corrected chi connectivity index (χ1v) is 3.15. The second kappa shape index (κ2) is 3.82. The molecule has 0 heterocycles. The van der Waals surface area contributed by atoms with Crippen LogP contribution < -0.4 is 0 Å². The summed E-state index contributed by atoms with van der Waals surface area (Å²) < 4.78 is 4.58. The molecule has 0 bridgehead atoms. The van der Waals surface area contributed by atoms with Gasteiger partial charge in [0.15, 0.2) is 0 Å². The lowest BCUT2D eigenvalue weighted by molar-refractivity contribution is -0.325. The van der Waals surface area contributed by atoms with Gasteiger partial charge in [-0.15, -0.1) is 0 Å². The molecule has 0 spiro atoms. The first kappa shape index (κ1) is 8.88. The van der Waals surface area contributed by atoms with Gasteiger partial charge in [-0.2, -0.15) is 0 Å². The van der Waals surface area contributed by atoms with Gasteiger partial charge in [-0.3, -0.25) is 0 Å². The van der Waals surface area contributed by atoms with E-state index in [1.807, 2.05) is 6.92 Å². The molecular weight excluding hydrogens is 120 g/mol. The standard InChI is InChI=1S/C6H14O3/c1-3-4-5-9-6(2,7)8/h7-8H,3-5H2,1-2H3. The van der Waals surface area contributed by atoms with Crippen LogP contribution in [-0.4, -0.2) is 22.8 Å². The second-order valence-electron chi connectivity index (χ2n) is 2.14. The lowest BCUT2D eigenvalue weighted by Crippen LogP contribution is -2.27. The Kier molecular flexibility index (Phi) is 3.77. The number of unbranched alkanes of at least 4 members (excludes halogenated alkanes) is 1. The summed E-state index contributed by atoms with van der Waals surface area (Å²) in [6.45, 7) is 3.61. The minimum Gasteiger partial charge on any atom is -0.344 e. The van der Waals surface area contributed by atoms with E-state index in [0.717, 1.165) is 12.8 Å². The molecule has 0 aliphatic heterocycles. The van der Waals surface area contributed by atoms with E-state index in [4.69, 9.17) is 10.2 Å². The second-order valence-corrected chi connectivity index (χ2v) is 2.14. The molecule has 0 aliphatic rings. The van der Waals surface area contributed by atoms with Crippen molar-refractivity contribution in [3.8, 4) is 0 Å². The highest BCUT2D eigenvalue weighted by atomic mass is 16.8. The molecule has 9 heavy (non-hydrogen) atoms. The van der Waals surface area contributed by atoms with E-state index >= 15 is 0 Å². The van der Waals surface area contributed by atoms with Crippen molar-refractivity contribution in [3.63, 3.8) is 0 Å². The van der Waals surface area contributed by atoms with Crippen LogP contribution in [0.4, 0.5) is 0 Å². The molecule has 3 nitrogen and oxygen atoms in total. The average molecular weight is 134 g/mol. The Morgan fingerprint density at radius 3 is 2.33 bits per heavy atom. The van der Waals surface area contributed by atoms with Gasteiger partial charge in [0.25, 0.3) is 5.97 Å². The summed E-state index contributed by atoms with van der Waals surface area (Å²) in [6, 6.07) is 0. The number of rotatable bonds is 4. The summed E-state index contributed by atoms with van der Waals surface area (Å²) in [5.41, 5.74) is 0. The smallest absolute Gasteiger partial charge is 0.274 e. The Hall–Kier alpha value is -0.120. The zero-order valence-electron chi connectivity index (χ0n) is 5.92. The Labute approximate surface area is 55.3 Å². The Balaban J connectivity index is 3.07. The van der Waals surface area contributed by atoms with Gasteiger partial charge in [-0.1, -0.05) is 13.3 Å². The van der Waals surface area contributed by atoms with Gasteiger partial charge in [0.1, 0.15) is 0 Å². The molecule has 3 heteroatoms. The van der Waals surface area contributed by atoms with Gasteiger partial charge in [0.2, 0.25) is 0 Å². The topological polar surface area (TPSA) is 49.7 Å². The zero-order chi connectivity index (χ0) is 7.33. The van der Waals surface area contributed by atoms with E-state index in [9.17, 15) is 0 Å². The number of ether oxygens (including phenoxy) is 1. The molecule has 0 saturated carbocycles. The first-order valence-electron chi connectivity index (χ1n) is 3.15. The monoisotopic (exact) mass is 134 g/mol. The van der Waals surface area contributed by atoms with Crippen molar-refractivity contribution in [2.75, 3.05) is 6.61 Å². The van der Waals surface area contributed by atoms with Crippen molar-refractivity contribution < 1.29 is 14.9 Å². The molecule has 0 fully saturated rings. The first-order chi connectivity index (χ1) is 4.06. The molecule has 0 unspecified atom stereocenters. The van der Waals surface area contributed by atoms with Crippen LogP contribution in [0.2, 0.25) is 0 Å². The Morgan fingerprint density at radius 2 is 2.00 bits per heavy atom. The van der Waals surface area contributed by atoms with Crippen LogP contribution in [0.25, 0.3) is 0 Å². The fourth-order valence-corrected chi connectivity index (χ4v) is 0.410. The molecule has 0 radical (unpaired) electrons. The maximum absolute atomic E-state index is 8.58. The van der Waals surface area contributed by atoms with E-state index in [2.05, 4.69) is 4.74 Å². The zero-order valence-corrected chi connectivity index (χ0v) is 5.92. The Bertz CT molecular complexity index is 65.2. The summed E-state index contributed by atoms with van der Waals surface area (Å²) in [6.07, 6.45) is 1.85. The van der Waals surface area contributed by atoms with E-state index < -0.39 is 5.97 Å². The maximum atomic E-state index is 8.58. The van der Waals surface area contributed by atoms with Crippen molar-refractivity contribution >= 4 is 0 Å². The van der Waals surface area contributed by atoms with Gasteiger partial charge in [0.05, 0.1) is 6.61 Å². The van der Waals surface area contributed by atoms with Gasteiger partial charge in [-0.05, 0) is 6.42 Å². The number of aliphatic hydroxyl groups is 2. The molecule has 56 valence electrons. The van der Waals surface area contributed by atoms with E-state index in [1.165, 1.54) is 6.92 Å². The van der Waals surface area contributed by atoms with Crippen LogP contribution in [0.1, 0.15) is 26.7 Å². The third-order valence-electron chi connectivity index (χ3n) is 0.873. The molecule has 0 aromatic heterocycles. The van der Waals surface area contributed by atoms with Crippen molar-refractivity contribution in [2.24, 2.45) is 0 Å². The van der Waals surface area contributed by atoms with Crippen LogP contribution in [-0.2, 0) is 4.74 Å². The van der Waals surface area contributed by atoms with Crippen molar-refractivity contribution in [2.45, 2.75) is 32.7 Å². The molecule has 2 N–H and O–H groups in total. The van der Waals surface area contributed by atoms with Gasteiger partial charge in [-0.25, -0.2) is 0 Å². The summed E-state index contributed by atoms with van der Waals surface area (Å²) in [7, 11) is 0. The summed E-state index contributed by atoms with van der Waals surface area (Å²) in [4.78, 5) is 0. The van der Waals surface area contributed by atoms with Crippen molar-refractivity contribution in [1.29, 1.82) is 0 Å². The summed E-state index contributed by atoms with van der Waals surface area (Å²) in [5, 5.41) is 17.2. The molecule has 0 atom stereocenters. The predicted molar refractivity (Wildman–Crippen MR) is 33.7 cm³/mol. The highest BCUT2D eigenvalue weighted by molar-refractivity contribution is 4.37. The van der Waals surface area contributed by atoms with Gasteiger partial charge >= 0.3 is 0 Å². The van der Waals surface area contributed by atoms with Crippen molar-refractivity contribution in [3.05, 3.63) is 0 Å². The van der Waals surface area contributed by atoms with Crippen LogP contribution >= 0.6 is 0 Å². The number of hydrogen-bond acceptors (Lipinski definition) is 3. The lowest BCUT2D eigenvalue weighted by atomic mass is 10.4. The molecular formula is C6H14O3. The minimum atomic E-state index is -1.95. The van der Waals surface area contributed by atoms with E-state index in [-0.39, 0.29) is 0 Å². The maximum Gasteiger partial charge on any atom is 0.274 e. The minimum absolute atomic E-state index is 0.403. The summed E-state index contributed by atoms with van der Waals surface area (Å²) >= 11 is 0. The quantitative estimate of drug-likeness (QED) is 0.434. The fourth-order valence-electron chi connectivity index (χ4n) is 0.410. The third kappa shape index (κ3) is 7.88. The van der Waals surface area contributed by atoms with Crippen LogP contribution in [0, 0.1) is 0 Å². The van der Waals surface area contributed by atoms with Crippen LogP contribution in [0.15, 0.2) is 0 Å². The molecule has 0 rings (SSSR count). The molecule has 0 aromatic carbocycles. The van der Waals surface area contributed by atoms with Crippen LogP contribution in [0.3, 0.4) is 0 Å². The summed E-state index contributed by atoms with van der Waals surface area (Å²) in [5.74, 6) is -1.95. The highest BCUT2D eigenvalue weighted by Crippen LogP contribution is 2.00. The normalized spacial score (nSPS) is 12.0. The number of hydrogen-bond donors (Lipinski definition) is 2. The molecule has 0 saturated heterocycles. The molecule has 0 aliphatic carbocycles. The fraction of sp³-hybridized carbons (Fsp3) is 1.00. The Morgan fingerprint density at radius 1 is 1.44 bits per heavy atom. The van der Waals surface area contributed by atoms with E-state index in [1.54, 1.807) is 0 Å². The van der Waals surface area contributed by atoms with Crippen molar-refractivity contribution in [1.82, 2.24) is 0 Å². The SMILES string of the molecule is CCCCOC(C)(O)O. The van der Waals surface area contributed by atoms with Crippen LogP contribution in [0.5, 0.6) is 0 Å². The highest BCUT2D eigenvalue weighted by Gasteiger charge is 2.13. The lowest BCUT2D eigenvalue weighted by Gasteiger charge is -2.15. The van der Waals surface area contributed by atoms with E-state index in [0.29, 0.717) is 6.61 Å². The van der Waals surface area contributed by atoms with Gasteiger partial charge in [0, 0.05) is 6.92 Å². The average Bonchev–Trinajstić information content (AvgIpc) is 1.63. The molecule has 0 aromatic rings. The predicted octanol–water partition coefficient (Wildman–Crippen LogP) is 0.461. The third-order valence-corrected chi connectivity index (χ3v) is 0.873. The largest absolute Gasteiger partial charge is 0.344 e.